The molecule has 6 heteroatoms. The summed E-state index contributed by atoms with van der Waals surface area (Å²) in [6.07, 6.45) is 4.05. The summed E-state index contributed by atoms with van der Waals surface area (Å²) >= 11 is 1.53. The Hall–Kier alpha value is -2.44. The van der Waals surface area contributed by atoms with Crippen molar-refractivity contribution in [2.75, 3.05) is 6.54 Å². The highest BCUT2D eigenvalue weighted by molar-refractivity contribution is 7.07. The molecule has 0 aliphatic rings. The molecule has 0 aliphatic carbocycles. The number of amides is 1. The third-order valence-electron chi connectivity index (χ3n) is 3.72. The zero-order chi connectivity index (χ0) is 16.8. The first-order valence-corrected chi connectivity index (χ1v) is 8.72. The molecule has 0 fully saturated rings. The Balaban J connectivity index is 1.46. The van der Waals surface area contributed by atoms with E-state index in [9.17, 15) is 9.90 Å². The van der Waals surface area contributed by atoms with Gasteiger partial charge in [-0.1, -0.05) is 18.2 Å². The second kappa shape index (κ2) is 7.90. The van der Waals surface area contributed by atoms with E-state index >= 15 is 0 Å². The zero-order valence-corrected chi connectivity index (χ0v) is 13.9. The summed E-state index contributed by atoms with van der Waals surface area (Å²) in [7, 11) is 0. The van der Waals surface area contributed by atoms with Gasteiger partial charge >= 0.3 is 0 Å². The molecule has 2 aromatic heterocycles. The van der Waals surface area contributed by atoms with Gasteiger partial charge in [-0.25, -0.2) is 4.68 Å². The number of carbonyl (C=O) groups excluding carboxylic acids is 1. The van der Waals surface area contributed by atoms with Crippen molar-refractivity contribution in [3.8, 4) is 5.69 Å². The molecule has 124 valence electrons. The van der Waals surface area contributed by atoms with E-state index < -0.39 is 6.10 Å². The van der Waals surface area contributed by atoms with Crippen LogP contribution in [0.4, 0.5) is 0 Å². The van der Waals surface area contributed by atoms with Crippen LogP contribution in [0.1, 0.15) is 23.7 Å². The van der Waals surface area contributed by atoms with Crippen molar-refractivity contribution in [1.82, 2.24) is 15.1 Å². The zero-order valence-electron chi connectivity index (χ0n) is 13.1. The molecule has 2 heterocycles. The van der Waals surface area contributed by atoms with Crippen LogP contribution in [0.25, 0.3) is 5.69 Å². The van der Waals surface area contributed by atoms with E-state index in [1.165, 1.54) is 11.3 Å². The van der Waals surface area contributed by atoms with Crippen LogP contribution in [-0.2, 0) is 11.2 Å². The maximum absolute atomic E-state index is 11.9. The van der Waals surface area contributed by atoms with Crippen molar-refractivity contribution in [3.05, 3.63) is 70.7 Å². The lowest BCUT2D eigenvalue weighted by Gasteiger charge is -2.10. The molecule has 1 unspecified atom stereocenters. The topological polar surface area (TPSA) is 67.2 Å². The Morgan fingerprint density at radius 1 is 1.29 bits per heavy atom. The molecule has 0 spiro atoms. The average Bonchev–Trinajstić information content (AvgIpc) is 3.30. The molecule has 0 saturated carbocycles. The van der Waals surface area contributed by atoms with Gasteiger partial charge in [0.1, 0.15) is 0 Å². The molecule has 5 nitrogen and oxygen atoms in total. The number of aryl methyl sites for hydroxylation is 1. The molecule has 0 aliphatic heterocycles. The van der Waals surface area contributed by atoms with Gasteiger partial charge in [-0.05, 0) is 46.5 Å². The van der Waals surface area contributed by atoms with E-state index in [2.05, 4.69) is 10.4 Å². The number of hydrogen-bond acceptors (Lipinski definition) is 4. The highest BCUT2D eigenvalue weighted by Gasteiger charge is 2.10. The van der Waals surface area contributed by atoms with Crippen LogP contribution in [-0.4, -0.2) is 27.3 Å². The summed E-state index contributed by atoms with van der Waals surface area (Å²) in [5.41, 5.74) is 2.84. The van der Waals surface area contributed by atoms with Crippen LogP contribution < -0.4 is 5.32 Å². The highest BCUT2D eigenvalue weighted by Crippen LogP contribution is 2.15. The number of aliphatic hydroxyl groups excluding tert-OH is 1. The molecule has 24 heavy (non-hydrogen) atoms. The fourth-order valence-corrected chi connectivity index (χ4v) is 3.06. The van der Waals surface area contributed by atoms with E-state index in [1.54, 1.807) is 10.9 Å². The predicted molar refractivity (Wildman–Crippen MR) is 94.2 cm³/mol. The minimum Gasteiger partial charge on any atom is -0.387 e. The van der Waals surface area contributed by atoms with E-state index in [4.69, 9.17) is 0 Å². The first kappa shape index (κ1) is 16.4. The molecule has 1 atom stereocenters. The van der Waals surface area contributed by atoms with E-state index in [0.29, 0.717) is 12.8 Å². The molecule has 3 aromatic rings. The smallest absolute Gasteiger partial charge is 0.220 e. The van der Waals surface area contributed by atoms with Gasteiger partial charge in [0.15, 0.2) is 0 Å². The summed E-state index contributed by atoms with van der Waals surface area (Å²) in [6, 6.07) is 11.7. The Morgan fingerprint density at radius 2 is 2.12 bits per heavy atom. The standard InChI is InChI=1S/C18H19N3O2S/c22-17(15-8-9-24-13-15)11-19-18(23)7-6-14-10-20-21(12-14)16-4-2-1-3-5-16/h1-5,8-10,12-13,17,22H,6-7,11H2,(H,19,23). The lowest BCUT2D eigenvalue weighted by Crippen LogP contribution is -2.28. The van der Waals surface area contributed by atoms with Crippen molar-refractivity contribution in [2.45, 2.75) is 18.9 Å². The minimum absolute atomic E-state index is 0.0725. The van der Waals surface area contributed by atoms with Crippen molar-refractivity contribution in [1.29, 1.82) is 0 Å². The average molecular weight is 341 g/mol. The molecule has 0 bridgehead atoms. The summed E-state index contributed by atoms with van der Waals surface area (Å²) in [5, 5.41) is 20.8. The van der Waals surface area contributed by atoms with E-state index in [1.807, 2.05) is 53.4 Å². The minimum atomic E-state index is -0.652. The van der Waals surface area contributed by atoms with Crippen LogP contribution >= 0.6 is 11.3 Å². The Bertz CT molecular complexity index is 769. The Morgan fingerprint density at radius 3 is 2.88 bits per heavy atom. The van der Waals surface area contributed by atoms with Crippen molar-refractivity contribution in [3.63, 3.8) is 0 Å². The van der Waals surface area contributed by atoms with Crippen LogP contribution in [0.15, 0.2) is 59.6 Å². The first-order chi connectivity index (χ1) is 11.7. The van der Waals surface area contributed by atoms with Gasteiger partial charge in [-0.15, -0.1) is 0 Å². The summed E-state index contributed by atoms with van der Waals surface area (Å²) in [6.45, 7) is 0.235. The second-order valence-corrected chi connectivity index (χ2v) is 6.29. The monoisotopic (exact) mass is 341 g/mol. The van der Waals surface area contributed by atoms with Crippen molar-refractivity contribution < 1.29 is 9.90 Å². The first-order valence-electron chi connectivity index (χ1n) is 7.78. The quantitative estimate of drug-likeness (QED) is 0.694. The molecular weight excluding hydrogens is 322 g/mol. The molecule has 2 N–H and O–H groups in total. The van der Waals surface area contributed by atoms with Crippen LogP contribution in [0.2, 0.25) is 0 Å². The van der Waals surface area contributed by atoms with Gasteiger partial charge in [0.05, 0.1) is 18.0 Å². The Labute approximate surface area is 144 Å². The molecule has 1 amide bonds. The number of nitrogens with one attached hydrogen (secondary N) is 1. The highest BCUT2D eigenvalue weighted by atomic mass is 32.1. The number of benzene rings is 1. The third kappa shape index (κ3) is 4.31. The van der Waals surface area contributed by atoms with E-state index in [-0.39, 0.29) is 12.5 Å². The molecule has 3 rings (SSSR count). The summed E-state index contributed by atoms with van der Waals surface area (Å²) < 4.78 is 1.80. The number of hydrogen-bond donors (Lipinski definition) is 2. The predicted octanol–water partition coefficient (Wildman–Crippen LogP) is 2.72. The molecule has 0 saturated heterocycles. The number of rotatable bonds is 7. The lowest BCUT2D eigenvalue weighted by molar-refractivity contribution is -0.121. The number of nitrogens with zero attached hydrogens (tertiary/aromatic N) is 2. The maximum Gasteiger partial charge on any atom is 0.220 e. The number of carbonyl (C=O) groups is 1. The lowest BCUT2D eigenvalue weighted by atomic mass is 10.1. The van der Waals surface area contributed by atoms with E-state index in [0.717, 1.165) is 16.8 Å². The van der Waals surface area contributed by atoms with Gasteiger partial charge in [0.2, 0.25) is 5.91 Å². The van der Waals surface area contributed by atoms with Gasteiger partial charge in [-0.2, -0.15) is 16.4 Å². The fourth-order valence-electron chi connectivity index (χ4n) is 2.35. The maximum atomic E-state index is 11.9. The number of aromatic nitrogens is 2. The van der Waals surface area contributed by atoms with Crippen LogP contribution in [0.5, 0.6) is 0 Å². The largest absolute Gasteiger partial charge is 0.387 e. The number of thiophene rings is 1. The number of para-hydroxylation sites is 1. The normalized spacial score (nSPS) is 12.0. The van der Waals surface area contributed by atoms with Gasteiger partial charge in [0, 0.05) is 19.2 Å². The number of aliphatic hydroxyl groups is 1. The molecule has 1 aromatic carbocycles. The third-order valence-corrected chi connectivity index (χ3v) is 4.42. The fraction of sp³-hybridized carbons (Fsp3) is 0.222. The van der Waals surface area contributed by atoms with Crippen molar-refractivity contribution >= 4 is 17.2 Å². The second-order valence-electron chi connectivity index (χ2n) is 5.51. The van der Waals surface area contributed by atoms with Crippen LogP contribution in [0, 0.1) is 0 Å². The SMILES string of the molecule is O=C(CCc1cnn(-c2ccccc2)c1)NCC(O)c1ccsc1. The molecular formula is C18H19N3O2S. The van der Waals surface area contributed by atoms with Gasteiger partial charge in [0.25, 0.3) is 0 Å². The van der Waals surface area contributed by atoms with Crippen molar-refractivity contribution in [2.24, 2.45) is 0 Å². The summed E-state index contributed by atoms with van der Waals surface area (Å²) in [5.74, 6) is -0.0725. The molecule has 0 radical (unpaired) electrons. The van der Waals surface area contributed by atoms with Gasteiger partial charge < -0.3 is 10.4 Å². The van der Waals surface area contributed by atoms with Gasteiger partial charge in [-0.3, -0.25) is 4.79 Å². The summed E-state index contributed by atoms with van der Waals surface area (Å²) in [4.78, 5) is 11.9. The van der Waals surface area contributed by atoms with Crippen LogP contribution in [0.3, 0.4) is 0 Å². The Kier molecular flexibility index (Phi) is 5.40.